The standard InChI is InChI=1S/C29H32BrF2N7O/c1-36(19-29(40,20-39-21-33-34-35-39)26-11-8-24(31)16-28(26)32)17-22-6-9-25(10-7-22)38-14-12-37(13-15-38)18-23-4-2-3-5-27(23)30/h2-11,16,21,40H,12-15,17-20H2,1H3. The Labute approximate surface area is 241 Å². The highest BCUT2D eigenvalue weighted by Crippen LogP contribution is 2.28. The number of nitrogens with zero attached hydrogens (tertiary/aromatic N) is 7. The fraction of sp³-hybridized carbons (Fsp3) is 0.345. The molecule has 1 saturated heterocycles. The topological polar surface area (TPSA) is 73.6 Å². The van der Waals surface area contributed by atoms with Gasteiger partial charge in [-0.2, -0.15) is 0 Å². The average Bonchev–Trinajstić information content (AvgIpc) is 3.43. The second-order valence-electron chi connectivity index (χ2n) is 10.4. The average molecular weight is 613 g/mol. The molecule has 210 valence electrons. The molecule has 0 aliphatic carbocycles. The van der Waals surface area contributed by atoms with Crippen molar-refractivity contribution in [3.63, 3.8) is 0 Å². The van der Waals surface area contributed by atoms with Crippen molar-refractivity contribution in [2.24, 2.45) is 0 Å². The van der Waals surface area contributed by atoms with Crippen molar-refractivity contribution < 1.29 is 13.9 Å². The molecule has 1 aromatic heterocycles. The molecular weight excluding hydrogens is 580 g/mol. The molecule has 5 rings (SSSR count). The summed E-state index contributed by atoms with van der Waals surface area (Å²) >= 11 is 3.65. The zero-order chi connectivity index (χ0) is 28.1. The Balaban J connectivity index is 1.19. The number of hydrogen-bond acceptors (Lipinski definition) is 7. The van der Waals surface area contributed by atoms with E-state index in [2.05, 4.69) is 83.7 Å². The van der Waals surface area contributed by atoms with Crippen molar-refractivity contribution in [3.05, 3.63) is 106 Å². The normalized spacial score (nSPS) is 15.9. The molecule has 1 aliphatic rings. The van der Waals surface area contributed by atoms with Crippen LogP contribution in [-0.2, 0) is 25.2 Å². The predicted molar refractivity (Wildman–Crippen MR) is 152 cm³/mol. The van der Waals surface area contributed by atoms with E-state index < -0.39 is 17.2 Å². The maximum absolute atomic E-state index is 14.7. The van der Waals surface area contributed by atoms with Crippen LogP contribution in [0.1, 0.15) is 16.7 Å². The first-order chi connectivity index (χ1) is 19.3. The fourth-order valence-electron chi connectivity index (χ4n) is 5.27. The SMILES string of the molecule is CN(Cc1ccc(N2CCN(Cc3ccccc3Br)CC2)cc1)CC(O)(Cn1cnnn1)c1ccc(F)cc1F. The van der Waals surface area contributed by atoms with Gasteiger partial charge in [0.15, 0.2) is 0 Å². The van der Waals surface area contributed by atoms with E-state index >= 15 is 0 Å². The molecule has 8 nitrogen and oxygen atoms in total. The minimum atomic E-state index is -1.68. The van der Waals surface area contributed by atoms with Gasteiger partial charge in [-0.05, 0) is 52.9 Å². The van der Waals surface area contributed by atoms with E-state index in [1.807, 2.05) is 18.0 Å². The van der Waals surface area contributed by atoms with Crippen LogP contribution in [0.5, 0.6) is 0 Å². The molecule has 3 aromatic carbocycles. The monoisotopic (exact) mass is 611 g/mol. The quantitative estimate of drug-likeness (QED) is 0.290. The van der Waals surface area contributed by atoms with Gasteiger partial charge in [0.2, 0.25) is 0 Å². The Morgan fingerprint density at radius 1 is 1.00 bits per heavy atom. The Morgan fingerprint density at radius 2 is 1.75 bits per heavy atom. The van der Waals surface area contributed by atoms with Gasteiger partial charge in [-0.25, -0.2) is 13.5 Å². The van der Waals surface area contributed by atoms with Crippen LogP contribution in [0.4, 0.5) is 14.5 Å². The lowest BCUT2D eigenvalue weighted by Gasteiger charge is -2.36. The molecular formula is C29H32BrF2N7O. The Kier molecular flexibility index (Phi) is 8.84. The highest BCUT2D eigenvalue weighted by atomic mass is 79.9. The first-order valence-corrected chi connectivity index (χ1v) is 14.0. The van der Waals surface area contributed by atoms with Gasteiger partial charge in [0.1, 0.15) is 23.6 Å². The zero-order valence-electron chi connectivity index (χ0n) is 22.3. The van der Waals surface area contributed by atoms with E-state index in [0.29, 0.717) is 6.54 Å². The van der Waals surface area contributed by atoms with Crippen LogP contribution in [0.3, 0.4) is 0 Å². The van der Waals surface area contributed by atoms with Crippen LogP contribution in [0.15, 0.2) is 77.5 Å². The minimum Gasteiger partial charge on any atom is -0.382 e. The number of halogens is 3. The Morgan fingerprint density at radius 3 is 2.42 bits per heavy atom. The van der Waals surface area contributed by atoms with Crippen molar-refractivity contribution in [2.75, 3.05) is 44.7 Å². The molecule has 1 atom stereocenters. The number of piperazine rings is 1. The fourth-order valence-corrected chi connectivity index (χ4v) is 5.68. The number of aliphatic hydroxyl groups is 1. The van der Waals surface area contributed by atoms with Gasteiger partial charge < -0.3 is 10.0 Å². The highest BCUT2D eigenvalue weighted by molar-refractivity contribution is 9.10. The molecule has 0 amide bonds. The summed E-state index contributed by atoms with van der Waals surface area (Å²) in [4.78, 5) is 6.77. The van der Waals surface area contributed by atoms with Crippen LogP contribution in [0.25, 0.3) is 0 Å². The predicted octanol–water partition coefficient (Wildman–Crippen LogP) is 4.06. The summed E-state index contributed by atoms with van der Waals surface area (Å²) in [6.07, 6.45) is 1.35. The second-order valence-corrected chi connectivity index (χ2v) is 11.2. The lowest BCUT2D eigenvalue weighted by Crippen LogP contribution is -2.46. The molecule has 1 N–H and O–H groups in total. The highest BCUT2D eigenvalue weighted by Gasteiger charge is 2.35. The lowest BCUT2D eigenvalue weighted by molar-refractivity contribution is -0.0178. The van der Waals surface area contributed by atoms with Crippen molar-refractivity contribution in [1.82, 2.24) is 30.0 Å². The van der Waals surface area contributed by atoms with E-state index in [1.54, 1.807) is 0 Å². The number of hydrogen-bond donors (Lipinski definition) is 1. The van der Waals surface area contributed by atoms with E-state index in [1.165, 1.54) is 28.3 Å². The smallest absolute Gasteiger partial charge is 0.138 e. The van der Waals surface area contributed by atoms with Crippen LogP contribution in [-0.4, -0.2) is 74.9 Å². The first-order valence-electron chi connectivity index (χ1n) is 13.2. The van der Waals surface area contributed by atoms with Crippen molar-refractivity contribution in [3.8, 4) is 0 Å². The minimum absolute atomic E-state index is 0.00892. The summed E-state index contributed by atoms with van der Waals surface area (Å²) in [5.41, 5.74) is 1.84. The van der Waals surface area contributed by atoms with Crippen LogP contribution < -0.4 is 4.90 Å². The molecule has 0 bridgehead atoms. The Hall–Kier alpha value is -3.25. The van der Waals surface area contributed by atoms with Crippen molar-refractivity contribution in [1.29, 1.82) is 0 Å². The number of likely N-dealkylation sites (N-methyl/N-ethyl adjacent to an activating group) is 1. The number of aromatic nitrogens is 4. The zero-order valence-corrected chi connectivity index (χ0v) is 23.9. The molecule has 1 fully saturated rings. The number of benzene rings is 3. The molecule has 1 aliphatic heterocycles. The number of tetrazole rings is 1. The van der Waals surface area contributed by atoms with Gasteiger partial charge in [0, 0.05) is 67.6 Å². The lowest BCUT2D eigenvalue weighted by atomic mass is 9.92. The van der Waals surface area contributed by atoms with Crippen LogP contribution in [0, 0.1) is 11.6 Å². The van der Waals surface area contributed by atoms with E-state index in [-0.39, 0.29) is 18.7 Å². The van der Waals surface area contributed by atoms with Gasteiger partial charge in [0.25, 0.3) is 0 Å². The molecule has 4 aromatic rings. The Bertz CT molecular complexity index is 1400. The summed E-state index contributed by atoms with van der Waals surface area (Å²) in [5.74, 6) is -1.52. The summed E-state index contributed by atoms with van der Waals surface area (Å²) in [6, 6.07) is 20.0. The number of rotatable bonds is 10. The molecule has 2 heterocycles. The van der Waals surface area contributed by atoms with Gasteiger partial charge in [-0.3, -0.25) is 9.80 Å². The van der Waals surface area contributed by atoms with E-state index in [9.17, 15) is 13.9 Å². The van der Waals surface area contributed by atoms with E-state index in [4.69, 9.17) is 0 Å². The maximum Gasteiger partial charge on any atom is 0.138 e. The van der Waals surface area contributed by atoms with Crippen molar-refractivity contribution >= 4 is 21.6 Å². The molecule has 0 spiro atoms. The maximum atomic E-state index is 14.7. The van der Waals surface area contributed by atoms with Crippen molar-refractivity contribution in [2.45, 2.75) is 25.2 Å². The molecule has 1 unspecified atom stereocenters. The summed E-state index contributed by atoms with van der Waals surface area (Å²) in [7, 11) is 1.85. The van der Waals surface area contributed by atoms with E-state index in [0.717, 1.165) is 54.9 Å². The third-order valence-corrected chi connectivity index (χ3v) is 8.03. The molecule has 40 heavy (non-hydrogen) atoms. The summed E-state index contributed by atoms with van der Waals surface area (Å²) in [6.45, 7) is 5.35. The van der Waals surface area contributed by atoms with Gasteiger partial charge in [-0.1, -0.05) is 52.3 Å². The molecule has 0 saturated carbocycles. The van der Waals surface area contributed by atoms with Gasteiger partial charge in [0.05, 0.1) is 6.54 Å². The third kappa shape index (κ3) is 6.90. The van der Waals surface area contributed by atoms with Gasteiger partial charge in [-0.15, -0.1) is 5.10 Å². The molecule has 0 radical (unpaired) electrons. The van der Waals surface area contributed by atoms with Gasteiger partial charge >= 0.3 is 0 Å². The van der Waals surface area contributed by atoms with Crippen LogP contribution in [0.2, 0.25) is 0 Å². The largest absolute Gasteiger partial charge is 0.382 e. The third-order valence-electron chi connectivity index (χ3n) is 7.26. The van der Waals surface area contributed by atoms with Crippen LogP contribution >= 0.6 is 15.9 Å². The number of anilines is 1. The second kappa shape index (κ2) is 12.5. The first kappa shape index (κ1) is 28.3. The summed E-state index contributed by atoms with van der Waals surface area (Å²) in [5, 5.41) is 22.6. The summed E-state index contributed by atoms with van der Waals surface area (Å²) < 4.78 is 30.8. The molecule has 11 heteroatoms.